The van der Waals surface area contributed by atoms with Crippen molar-refractivity contribution < 1.29 is 4.74 Å². The maximum atomic E-state index is 5.35. The number of pyridine rings is 1. The number of rotatable bonds is 6. The molecule has 0 atom stereocenters. The van der Waals surface area contributed by atoms with Gasteiger partial charge >= 0.3 is 0 Å². The Morgan fingerprint density at radius 1 is 1.22 bits per heavy atom. The summed E-state index contributed by atoms with van der Waals surface area (Å²) in [7, 11) is 0. The fraction of sp³-hybridized carbons (Fsp3) is 0.375. The van der Waals surface area contributed by atoms with Crippen molar-refractivity contribution in [2.45, 2.75) is 32.4 Å². The normalized spacial score (nSPS) is 14.1. The van der Waals surface area contributed by atoms with Gasteiger partial charge < -0.3 is 14.6 Å². The number of imidazole rings is 1. The summed E-state index contributed by atoms with van der Waals surface area (Å²) < 4.78 is 7.49. The molecule has 0 unspecified atom stereocenters. The van der Waals surface area contributed by atoms with Crippen molar-refractivity contribution in [2.24, 2.45) is 0 Å². The van der Waals surface area contributed by atoms with Gasteiger partial charge in [-0.3, -0.25) is 0 Å². The van der Waals surface area contributed by atoms with Crippen LogP contribution >= 0.6 is 0 Å². The maximum absolute atomic E-state index is 5.35. The molecular formula is C16H18N6O. The molecule has 1 fully saturated rings. The zero-order chi connectivity index (χ0) is 15.6. The van der Waals surface area contributed by atoms with E-state index in [0.717, 1.165) is 22.5 Å². The number of anilines is 1. The summed E-state index contributed by atoms with van der Waals surface area (Å²) in [5.74, 6) is 1.40. The monoisotopic (exact) mass is 310 g/mol. The molecule has 7 heteroatoms. The first-order chi connectivity index (χ1) is 11.3. The first-order valence-corrected chi connectivity index (χ1v) is 7.84. The highest BCUT2D eigenvalue weighted by Gasteiger charge is 2.26. The molecular weight excluding hydrogens is 292 g/mol. The van der Waals surface area contributed by atoms with E-state index in [1.807, 2.05) is 25.4 Å². The van der Waals surface area contributed by atoms with E-state index in [1.54, 1.807) is 12.5 Å². The van der Waals surface area contributed by atoms with E-state index in [2.05, 4.69) is 29.8 Å². The minimum Gasteiger partial charge on any atom is -0.478 e. The Kier molecular flexibility index (Phi) is 3.53. The van der Waals surface area contributed by atoms with Crippen LogP contribution in [0.1, 0.15) is 31.4 Å². The van der Waals surface area contributed by atoms with Gasteiger partial charge in [-0.2, -0.15) is 0 Å². The molecule has 0 spiro atoms. The Bertz CT molecular complexity index is 809. The first kappa shape index (κ1) is 13.9. The third kappa shape index (κ3) is 2.81. The van der Waals surface area contributed by atoms with Gasteiger partial charge in [0.25, 0.3) is 0 Å². The SMILES string of the molecule is CCOc1ccc(CNc2ncnc3c2ncn3C2CC2)cn1. The highest BCUT2D eigenvalue weighted by molar-refractivity contribution is 5.82. The standard InChI is InChI=1S/C16H18N6O/c1-2-23-13-6-3-11(7-17-13)8-18-15-14-16(20-9-19-15)22(10-21-14)12-4-5-12/h3,6-7,9-10,12H,2,4-5,8H2,1H3,(H,18,19,20). The smallest absolute Gasteiger partial charge is 0.213 e. The van der Waals surface area contributed by atoms with Crippen molar-refractivity contribution in [1.82, 2.24) is 24.5 Å². The number of nitrogens with one attached hydrogen (secondary N) is 1. The predicted molar refractivity (Wildman–Crippen MR) is 86.3 cm³/mol. The minimum absolute atomic E-state index is 0.554. The fourth-order valence-corrected chi connectivity index (χ4v) is 2.54. The summed E-state index contributed by atoms with van der Waals surface area (Å²) in [4.78, 5) is 17.4. The van der Waals surface area contributed by atoms with Gasteiger partial charge in [0.05, 0.1) is 12.9 Å². The van der Waals surface area contributed by atoms with Crippen LogP contribution in [0.15, 0.2) is 31.0 Å². The summed E-state index contributed by atoms with van der Waals surface area (Å²) in [5.41, 5.74) is 2.77. The van der Waals surface area contributed by atoms with Gasteiger partial charge in [-0.15, -0.1) is 0 Å². The topological polar surface area (TPSA) is 77.8 Å². The van der Waals surface area contributed by atoms with Crippen LogP contribution in [0.2, 0.25) is 0 Å². The summed E-state index contributed by atoms with van der Waals surface area (Å²) >= 11 is 0. The van der Waals surface area contributed by atoms with Crippen LogP contribution in [0, 0.1) is 0 Å². The van der Waals surface area contributed by atoms with E-state index in [9.17, 15) is 0 Å². The van der Waals surface area contributed by atoms with Crippen LogP contribution in [0.25, 0.3) is 11.2 Å². The number of aromatic nitrogens is 5. The molecule has 4 rings (SSSR count). The lowest BCUT2D eigenvalue weighted by Crippen LogP contribution is -2.04. The van der Waals surface area contributed by atoms with E-state index in [0.29, 0.717) is 25.1 Å². The molecule has 0 aromatic carbocycles. The van der Waals surface area contributed by atoms with Crippen LogP contribution in [0.3, 0.4) is 0 Å². The van der Waals surface area contributed by atoms with Crippen molar-refractivity contribution in [2.75, 3.05) is 11.9 Å². The highest BCUT2D eigenvalue weighted by atomic mass is 16.5. The number of hydrogen-bond donors (Lipinski definition) is 1. The number of hydrogen-bond acceptors (Lipinski definition) is 6. The third-order valence-electron chi connectivity index (χ3n) is 3.85. The Hall–Kier alpha value is -2.70. The average Bonchev–Trinajstić information content (AvgIpc) is 3.33. The summed E-state index contributed by atoms with van der Waals surface area (Å²) in [6, 6.07) is 4.42. The zero-order valence-electron chi connectivity index (χ0n) is 12.9. The molecule has 0 saturated heterocycles. The second kappa shape index (κ2) is 5.83. The second-order valence-electron chi connectivity index (χ2n) is 5.57. The van der Waals surface area contributed by atoms with E-state index in [4.69, 9.17) is 4.74 Å². The zero-order valence-corrected chi connectivity index (χ0v) is 12.9. The number of ether oxygens (including phenoxy) is 1. The Morgan fingerprint density at radius 2 is 2.13 bits per heavy atom. The van der Waals surface area contributed by atoms with Crippen molar-refractivity contribution in [3.05, 3.63) is 36.5 Å². The van der Waals surface area contributed by atoms with Crippen LogP contribution < -0.4 is 10.1 Å². The van der Waals surface area contributed by atoms with Crippen LogP contribution in [-0.2, 0) is 6.54 Å². The molecule has 3 aromatic rings. The largest absolute Gasteiger partial charge is 0.478 e. The van der Waals surface area contributed by atoms with Gasteiger partial charge in [0.15, 0.2) is 11.5 Å². The van der Waals surface area contributed by atoms with Crippen LogP contribution in [-0.4, -0.2) is 31.1 Å². The van der Waals surface area contributed by atoms with E-state index in [1.165, 1.54) is 12.8 Å². The predicted octanol–water partition coefficient (Wildman–Crippen LogP) is 2.57. The quantitative estimate of drug-likeness (QED) is 0.754. The highest BCUT2D eigenvalue weighted by Crippen LogP contribution is 2.37. The summed E-state index contributed by atoms with van der Waals surface area (Å²) in [6.45, 7) is 3.19. The average molecular weight is 310 g/mol. The van der Waals surface area contributed by atoms with Gasteiger partial charge in [-0.1, -0.05) is 6.07 Å². The van der Waals surface area contributed by atoms with Gasteiger partial charge in [0.2, 0.25) is 5.88 Å². The van der Waals surface area contributed by atoms with E-state index in [-0.39, 0.29) is 0 Å². The molecule has 0 radical (unpaired) electrons. The lowest BCUT2D eigenvalue weighted by atomic mass is 10.3. The van der Waals surface area contributed by atoms with E-state index < -0.39 is 0 Å². The molecule has 1 aliphatic carbocycles. The van der Waals surface area contributed by atoms with Gasteiger partial charge in [0.1, 0.15) is 11.8 Å². The summed E-state index contributed by atoms with van der Waals surface area (Å²) in [5, 5.41) is 3.32. The van der Waals surface area contributed by atoms with E-state index >= 15 is 0 Å². The van der Waals surface area contributed by atoms with Crippen LogP contribution in [0.5, 0.6) is 5.88 Å². The van der Waals surface area contributed by atoms with Gasteiger partial charge in [-0.25, -0.2) is 19.9 Å². The third-order valence-corrected chi connectivity index (χ3v) is 3.85. The van der Waals surface area contributed by atoms with Crippen LogP contribution in [0.4, 0.5) is 5.82 Å². The Balaban J connectivity index is 1.51. The van der Waals surface area contributed by atoms with Gasteiger partial charge in [-0.05, 0) is 25.3 Å². The molecule has 7 nitrogen and oxygen atoms in total. The van der Waals surface area contributed by atoms with Gasteiger partial charge in [0, 0.05) is 24.8 Å². The Labute approximate surface area is 133 Å². The molecule has 0 amide bonds. The molecule has 1 aliphatic rings. The van der Waals surface area contributed by atoms with Crippen molar-refractivity contribution in [3.63, 3.8) is 0 Å². The molecule has 3 aromatic heterocycles. The number of nitrogens with zero attached hydrogens (tertiary/aromatic N) is 5. The first-order valence-electron chi connectivity index (χ1n) is 7.84. The molecule has 3 heterocycles. The Morgan fingerprint density at radius 3 is 2.87 bits per heavy atom. The molecule has 0 aliphatic heterocycles. The number of fused-ring (bicyclic) bond motifs is 1. The molecule has 1 saturated carbocycles. The second-order valence-corrected chi connectivity index (χ2v) is 5.57. The molecule has 118 valence electrons. The summed E-state index contributed by atoms with van der Waals surface area (Å²) in [6.07, 6.45) is 7.66. The van der Waals surface area contributed by atoms with Crippen molar-refractivity contribution in [3.8, 4) is 5.88 Å². The minimum atomic E-state index is 0.554. The molecule has 1 N–H and O–H groups in total. The lowest BCUT2D eigenvalue weighted by molar-refractivity contribution is 0.326. The molecule has 0 bridgehead atoms. The van der Waals surface area contributed by atoms with Crippen molar-refractivity contribution in [1.29, 1.82) is 0 Å². The molecule has 23 heavy (non-hydrogen) atoms. The fourth-order valence-electron chi connectivity index (χ4n) is 2.54. The van der Waals surface area contributed by atoms with Crippen molar-refractivity contribution >= 4 is 17.0 Å². The maximum Gasteiger partial charge on any atom is 0.213 e. The lowest BCUT2D eigenvalue weighted by Gasteiger charge is -2.07.